The topological polar surface area (TPSA) is 15.6 Å². The SMILES string of the molecule is CCC1=NN(C)C(=S)C1. The van der Waals surface area contributed by atoms with Crippen LogP contribution in [0.3, 0.4) is 0 Å². The molecule has 0 fully saturated rings. The fourth-order valence-electron chi connectivity index (χ4n) is 0.788. The summed E-state index contributed by atoms with van der Waals surface area (Å²) in [6.07, 6.45) is 1.91. The van der Waals surface area contributed by atoms with Crippen LogP contribution < -0.4 is 0 Å². The molecule has 9 heavy (non-hydrogen) atoms. The van der Waals surface area contributed by atoms with Gasteiger partial charge >= 0.3 is 0 Å². The maximum atomic E-state index is 5.00. The van der Waals surface area contributed by atoms with Crippen LogP contribution in [0, 0.1) is 0 Å². The summed E-state index contributed by atoms with van der Waals surface area (Å²) in [6, 6.07) is 0. The average molecular weight is 142 g/mol. The Bertz CT molecular complexity index is 162. The van der Waals surface area contributed by atoms with E-state index >= 15 is 0 Å². The largest absolute Gasteiger partial charge is 0.262 e. The van der Waals surface area contributed by atoms with E-state index in [0.717, 1.165) is 17.8 Å². The fourth-order valence-corrected chi connectivity index (χ4v) is 0.995. The zero-order valence-corrected chi connectivity index (χ0v) is 6.53. The van der Waals surface area contributed by atoms with Crippen molar-refractivity contribution < 1.29 is 0 Å². The molecule has 50 valence electrons. The first-order valence-electron chi connectivity index (χ1n) is 3.07. The van der Waals surface area contributed by atoms with E-state index in [0.29, 0.717) is 0 Å². The second-order valence-electron chi connectivity index (χ2n) is 2.11. The van der Waals surface area contributed by atoms with Crippen molar-refractivity contribution in [3.63, 3.8) is 0 Å². The fraction of sp³-hybridized carbons (Fsp3) is 0.667. The molecule has 0 spiro atoms. The van der Waals surface area contributed by atoms with Crippen LogP contribution in [0.2, 0.25) is 0 Å². The second kappa shape index (κ2) is 2.43. The van der Waals surface area contributed by atoms with Crippen molar-refractivity contribution in [1.82, 2.24) is 5.01 Å². The third kappa shape index (κ3) is 1.27. The maximum Gasteiger partial charge on any atom is 0.105 e. The molecule has 0 atom stereocenters. The summed E-state index contributed by atoms with van der Waals surface area (Å²) >= 11 is 5.00. The summed E-state index contributed by atoms with van der Waals surface area (Å²) in [6.45, 7) is 2.10. The molecule has 1 aliphatic heterocycles. The lowest BCUT2D eigenvalue weighted by Crippen LogP contribution is -2.11. The molecule has 3 heteroatoms. The zero-order chi connectivity index (χ0) is 6.85. The van der Waals surface area contributed by atoms with Crippen molar-refractivity contribution in [3.8, 4) is 0 Å². The summed E-state index contributed by atoms with van der Waals surface area (Å²) in [7, 11) is 1.89. The van der Waals surface area contributed by atoms with Gasteiger partial charge in [0.15, 0.2) is 0 Å². The molecule has 1 heterocycles. The average Bonchev–Trinajstić information content (AvgIpc) is 2.13. The third-order valence-electron chi connectivity index (χ3n) is 1.42. The molecule has 0 aromatic rings. The van der Waals surface area contributed by atoms with Crippen molar-refractivity contribution in [2.45, 2.75) is 19.8 Å². The molecule has 0 aromatic carbocycles. The number of hydrazone groups is 1. The molecule has 0 aliphatic carbocycles. The molecule has 2 nitrogen and oxygen atoms in total. The molecule has 0 unspecified atom stereocenters. The van der Waals surface area contributed by atoms with Gasteiger partial charge in [-0.1, -0.05) is 19.1 Å². The summed E-state index contributed by atoms with van der Waals surface area (Å²) in [5.74, 6) is 0. The van der Waals surface area contributed by atoms with E-state index in [1.165, 1.54) is 5.71 Å². The Morgan fingerprint density at radius 1 is 1.78 bits per heavy atom. The number of thiocarbonyl (C=S) groups is 1. The zero-order valence-electron chi connectivity index (χ0n) is 5.72. The van der Waals surface area contributed by atoms with Gasteiger partial charge in [0.25, 0.3) is 0 Å². The van der Waals surface area contributed by atoms with E-state index in [-0.39, 0.29) is 0 Å². The minimum Gasteiger partial charge on any atom is -0.262 e. The van der Waals surface area contributed by atoms with E-state index in [1.807, 2.05) is 7.05 Å². The monoisotopic (exact) mass is 142 g/mol. The molecular weight excluding hydrogens is 132 g/mol. The van der Waals surface area contributed by atoms with Crippen molar-refractivity contribution in [2.24, 2.45) is 5.10 Å². The number of hydrogen-bond acceptors (Lipinski definition) is 2. The lowest BCUT2D eigenvalue weighted by molar-refractivity contribution is 0.566. The molecule has 0 saturated carbocycles. The van der Waals surface area contributed by atoms with E-state index < -0.39 is 0 Å². The Balaban J connectivity index is 2.62. The van der Waals surface area contributed by atoms with Crippen molar-refractivity contribution in [3.05, 3.63) is 0 Å². The van der Waals surface area contributed by atoms with Gasteiger partial charge in [-0.15, -0.1) is 0 Å². The first kappa shape index (κ1) is 6.68. The van der Waals surface area contributed by atoms with Crippen LogP contribution in [0.1, 0.15) is 19.8 Å². The van der Waals surface area contributed by atoms with Gasteiger partial charge in [0.05, 0.1) is 0 Å². The Hall–Kier alpha value is -0.440. The van der Waals surface area contributed by atoms with Gasteiger partial charge in [-0.3, -0.25) is 5.01 Å². The van der Waals surface area contributed by atoms with Crippen LogP contribution in [0.25, 0.3) is 0 Å². The molecule has 1 aliphatic rings. The summed E-state index contributed by atoms with van der Waals surface area (Å²) in [5, 5.41) is 5.97. The lowest BCUT2D eigenvalue weighted by Gasteiger charge is -2.02. The standard InChI is InChI=1S/C6H10N2S/c1-3-5-4-6(9)8(2)7-5/h3-4H2,1-2H3. The summed E-state index contributed by atoms with van der Waals surface area (Å²) in [4.78, 5) is 0.937. The second-order valence-corrected chi connectivity index (χ2v) is 2.59. The molecule has 1 rings (SSSR count). The van der Waals surface area contributed by atoms with Gasteiger partial charge in [-0.05, 0) is 6.42 Å². The van der Waals surface area contributed by atoms with Gasteiger partial charge in [0.1, 0.15) is 4.99 Å². The molecular formula is C6H10N2S. The number of hydrogen-bond donors (Lipinski definition) is 0. The van der Waals surface area contributed by atoms with Gasteiger partial charge in [-0.25, -0.2) is 0 Å². The molecule has 0 aromatic heterocycles. The quantitative estimate of drug-likeness (QED) is 0.514. The van der Waals surface area contributed by atoms with Crippen LogP contribution in [-0.4, -0.2) is 22.8 Å². The Kier molecular flexibility index (Phi) is 1.81. The minimum atomic E-state index is 0.891. The smallest absolute Gasteiger partial charge is 0.105 e. The molecule has 0 N–H and O–H groups in total. The highest BCUT2D eigenvalue weighted by Gasteiger charge is 2.13. The number of rotatable bonds is 1. The van der Waals surface area contributed by atoms with E-state index in [1.54, 1.807) is 5.01 Å². The molecule has 0 amide bonds. The number of nitrogens with zero attached hydrogens (tertiary/aromatic N) is 2. The first-order chi connectivity index (χ1) is 4.24. The third-order valence-corrected chi connectivity index (χ3v) is 1.82. The highest BCUT2D eigenvalue weighted by atomic mass is 32.1. The Morgan fingerprint density at radius 3 is 2.67 bits per heavy atom. The van der Waals surface area contributed by atoms with Crippen LogP contribution in [0.5, 0.6) is 0 Å². The molecule has 0 saturated heterocycles. The van der Waals surface area contributed by atoms with Gasteiger partial charge < -0.3 is 0 Å². The highest BCUT2D eigenvalue weighted by Crippen LogP contribution is 2.08. The van der Waals surface area contributed by atoms with Crippen molar-refractivity contribution >= 4 is 22.9 Å². The van der Waals surface area contributed by atoms with E-state index in [4.69, 9.17) is 12.2 Å². The van der Waals surface area contributed by atoms with Crippen LogP contribution in [-0.2, 0) is 0 Å². The van der Waals surface area contributed by atoms with Crippen LogP contribution >= 0.6 is 12.2 Å². The Labute approximate surface area is 60.5 Å². The lowest BCUT2D eigenvalue weighted by atomic mass is 10.2. The van der Waals surface area contributed by atoms with Crippen molar-refractivity contribution in [1.29, 1.82) is 0 Å². The highest BCUT2D eigenvalue weighted by molar-refractivity contribution is 7.80. The van der Waals surface area contributed by atoms with Crippen LogP contribution in [0.15, 0.2) is 5.10 Å². The normalized spacial score (nSPS) is 18.7. The van der Waals surface area contributed by atoms with Gasteiger partial charge in [0.2, 0.25) is 0 Å². The van der Waals surface area contributed by atoms with Gasteiger partial charge in [0, 0.05) is 19.2 Å². The first-order valence-corrected chi connectivity index (χ1v) is 3.47. The van der Waals surface area contributed by atoms with E-state index in [9.17, 15) is 0 Å². The predicted molar refractivity (Wildman–Crippen MR) is 42.7 cm³/mol. The predicted octanol–water partition coefficient (Wildman–Crippen LogP) is 1.42. The molecule has 0 radical (unpaired) electrons. The summed E-state index contributed by atoms with van der Waals surface area (Å²) in [5.41, 5.74) is 1.20. The van der Waals surface area contributed by atoms with Crippen LogP contribution in [0.4, 0.5) is 0 Å². The maximum absolute atomic E-state index is 5.00. The van der Waals surface area contributed by atoms with E-state index in [2.05, 4.69) is 12.0 Å². The Morgan fingerprint density at radius 2 is 2.44 bits per heavy atom. The van der Waals surface area contributed by atoms with Crippen molar-refractivity contribution in [2.75, 3.05) is 7.05 Å². The van der Waals surface area contributed by atoms with Gasteiger partial charge in [-0.2, -0.15) is 5.10 Å². The summed E-state index contributed by atoms with van der Waals surface area (Å²) < 4.78 is 0. The molecule has 0 bridgehead atoms. The minimum absolute atomic E-state index is 0.891.